The summed E-state index contributed by atoms with van der Waals surface area (Å²) in [4.78, 5) is 8.95. The van der Waals surface area contributed by atoms with Gasteiger partial charge in [-0.3, -0.25) is 4.79 Å². The van der Waals surface area contributed by atoms with Crippen molar-refractivity contribution in [3.05, 3.63) is 28.2 Å². The van der Waals surface area contributed by atoms with Crippen LogP contribution in [0.25, 0.3) is 0 Å². The van der Waals surface area contributed by atoms with Gasteiger partial charge in [-0.2, -0.15) is 0 Å². The number of halogens is 1. The highest BCUT2D eigenvalue weighted by molar-refractivity contribution is 9.10. The molecule has 0 amide bonds. The van der Waals surface area contributed by atoms with Crippen LogP contribution < -0.4 is 4.74 Å². The Balaban J connectivity index is 0.000000280. The van der Waals surface area contributed by atoms with Gasteiger partial charge in [-0.1, -0.05) is 6.07 Å². The van der Waals surface area contributed by atoms with E-state index in [9.17, 15) is 0 Å². The summed E-state index contributed by atoms with van der Waals surface area (Å²) in [5.41, 5.74) is 1.25. The third-order valence-corrected chi connectivity index (χ3v) is 2.62. The Morgan fingerprint density at radius 2 is 2.06 bits per heavy atom. The number of hydrogen-bond donors (Lipinski definition) is 0. The van der Waals surface area contributed by atoms with Crippen molar-refractivity contribution in [3.8, 4) is 5.75 Å². The minimum absolute atomic E-state index is 0.375. The van der Waals surface area contributed by atoms with E-state index in [-0.39, 0.29) is 0 Å². The van der Waals surface area contributed by atoms with Crippen LogP contribution in [0.5, 0.6) is 5.75 Å². The first kappa shape index (κ1) is 13.0. The molecular weight excluding hydrogens is 272 g/mol. The van der Waals surface area contributed by atoms with E-state index in [1.807, 2.05) is 6.07 Å². The Morgan fingerprint density at radius 1 is 1.44 bits per heavy atom. The van der Waals surface area contributed by atoms with Crippen molar-refractivity contribution in [1.29, 1.82) is 0 Å². The van der Waals surface area contributed by atoms with Crippen molar-refractivity contribution < 1.29 is 14.3 Å². The molecule has 1 aliphatic rings. The molecule has 0 atom stereocenters. The largest absolute Gasteiger partial charge is 0.489 e. The molecule has 0 spiro atoms. The highest BCUT2D eigenvalue weighted by Gasteiger charge is 2.24. The first-order chi connectivity index (χ1) is 7.67. The number of aryl methyl sites for hydroxylation is 1. The molecule has 2 rings (SSSR count). The minimum Gasteiger partial charge on any atom is -0.489 e. The Kier molecular flexibility index (Phi) is 5.32. The molecule has 4 heteroatoms. The van der Waals surface area contributed by atoms with Crippen LogP contribution in [0.3, 0.4) is 0 Å². The summed E-state index contributed by atoms with van der Waals surface area (Å²) in [6.07, 6.45) is 2.89. The summed E-state index contributed by atoms with van der Waals surface area (Å²) in [7, 11) is 1.31. The molecule has 0 radical (unpaired) electrons. The summed E-state index contributed by atoms with van der Waals surface area (Å²) in [5, 5.41) is 0. The van der Waals surface area contributed by atoms with Gasteiger partial charge in [-0.25, -0.2) is 0 Å². The highest BCUT2D eigenvalue weighted by atomic mass is 79.9. The molecule has 0 aromatic heterocycles. The van der Waals surface area contributed by atoms with E-state index in [0.29, 0.717) is 12.6 Å². The van der Waals surface area contributed by atoms with E-state index in [1.165, 1.54) is 25.5 Å². The zero-order valence-electron chi connectivity index (χ0n) is 9.40. The maximum atomic E-state index is 8.95. The number of rotatable bonds is 3. The molecule has 0 aliphatic heterocycles. The molecule has 88 valence electrons. The Labute approximate surface area is 104 Å². The van der Waals surface area contributed by atoms with Crippen LogP contribution in [0.4, 0.5) is 0 Å². The molecule has 0 saturated heterocycles. The van der Waals surface area contributed by atoms with Crippen molar-refractivity contribution in [1.82, 2.24) is 0 Å². The number of methoxy groups -OCH3 is 1. The number of ether oxygens (including phenoxy) is 2. The van der Waals surface area contributed by atoms with Crippen molar-refractivity contribution in [2.24, 2.45) is 0 Å². The average molecular weight is 287 g/mol. The van der Waals surface area contributed by atoms with Gasteiger partial charge in [0.25, 0.3) is 6.47 Å². The predicted molar refractivity (Wildman–Crippen MR) is 65.6 cm³/mol. The zero-order valence-corrected chi connectivity index (χ0v) is 11.0. The number of hydrogen-bond acceptors (Lipinski definition) is 3. The molecule has 1 saturated carbocycles. The van der Waals surface area contributed by atoms with Crippen LogP contribution in [0.15, 0.2) is 22.7 Å². The lowest BCUT2D eigenvalue weighted by atomic mass is 10.2. The topological polar surface area (TPSA) is 35.5 Å². The fourth-order valence-electron chi connectivity index (χ4n) is 1.07. The van der Waals surface area contributed by atoms with Gasteiger partial charge < -0.3 is 9.47 Å². The monoisotopic (exact) mass is 286 g/mol. The van der Waals surface area contributed by atoms with Gasteiger partial charge in [0.2, 0.25) is 0 Å². The number of benzene rings is 1. The molecular formula is C12H15BrO3. The molecule has 0 N–H and O–H groups in total. The van der Waals surface area contributed by atoms with Crippen LogP contribution in [-0.2, 0) is 9.53 Å². The smallest absolute Gasteiger partial charge is 0.292 e. The summed E-state index contributed by atoms with van der Waals surface area (Å²) < 4.78 is 10.6. The van der Waals surface area contributed by atoms with Gasteiger partial charge in [0, 0.05) is 0 Å². The average Bonchev–Trinajstić information content (AvgIpc) is 3.07. The molecule has 1 aromatic carbocycles. The van der Waals surface area contributed by atoms with E-state index in [2.05, 4.69) is 39.7 Å². The van der Waals surface area contributed by atoms with Gasteiger partial charge in [-0.15, -0.1) is 0 Å². The Morgan fingerprint density at radius 3 is 2.50 bits per heavy atom. The molecule has 1 aliphatic carbocycles. The highest BCUT2D eigenvalue weighted by Crippen LogP contribution is 2.32. The lowest BCUT2D eigenvalue weighted by Crippen LogP contribution is -1.96. The minimum atomic E-state index is 0.375. The predicted octanol–water partition coefficient (Wildman–Crippen LogP) is 3.09. The molecule has 1 fully saturated rings. The summed E-state index contributed by atoms with van der Waals surface area (Å²) in [6.45, 7) is 2.45. The van der Waals surface area contributed by atoms with Crippen LogP contribution >= 0.6 is 15.9 Å². The molecule has 3 nitrogen and oxygen atoms in total. The third-order valence-electron chi connectivity index (χ3n) is 2.00. The first-order valence-corrected chi connectivity index (χ1v) is 5.86. The molecule has 0 heterocycles. The van der Waals surface area contributed by atoms with Crippen molar-refractivity contribution >= 4 is 22.4 Å². The van der Waals surface area contributed by atoms with Crippen LogP contribution in [0.1, 0.15) is 18.4 Å². The molecule has 0 unspecified atom stereocenters. The van der Waals surface area contributed by atoms with Gasteiger partial charge in [-0.05, 0) is 53.4 Å². The summed E-state index contributed by atoms with van der Waals surface area (Å²) in [5.74, 6) is 0.975. The van der Waals surface area contributed by atoms with Crippen molar-refractivity contribution in [2.45, 2.75) is 25.9 Å². The van der Waals surface area contributed by atoms with Crippen LogP contribution in [0.2, 0.25) is 0 Å². The second-order valence-electron chi connectivity index (χ2n) is 3.58. The van der Waals surface area contributed by atoms with E-state index < -0.39 is 0 Å². The van der Waals surface area contributed by atoms with E-state index in [1.54, 1.807) is 0 Å². The third kappa shape index (κ3) is 4.66. The molecule has 1 aromatic rings. The summed E-state index contributed by atoms with van der Waals surface area (Å²) in [6, 6.07) is 6.18. The molecule has 16 heavy (non-hydrogen) atoms. The van der Waals surface area contributed by atoms with Gasteiger partial charge in [0.15, 0.2) is 0 Å². The summed E-state index contributed by atoms with van der Waals surface area (Å²) >= 11 is 3.48. The maximum absolute atomic E-state index is 8.95. The van der Waals surface area contributed by atoms with E-state index in [0.717, 1.165) is 10.2 Å². The Hall–Kier alpha value is -1.03. The zero-order chi connectivity index (χ0) is 12.0. The maximum Gasteiger partial charge on any atom is 0.292 e. The van der Waals surface area contributed by atoms with E-state index in [4.69, 9.17) is 9.53 Å². The number of carbonyl (C=O) groups excluding carboxylic acids is 1. The normalized spacial score (nSPS) is 13.4. The molecule has 0 bridgehead atoms. The van der Waals surface area contributed by atoms with Crippen LogP contribution in [0, 0.1) is 6.92 Å². The first-order valence-electron chi connectivity index (χ1n) is 5.06. The van der Waals surface area contributed by atoms with Gasteiger partial charge >= 0.3 is 0 Å². The second kappa shape index (κ2) is 6.53. The quantitative estimate of drug-likeness (QED) is 0.801. The number of carbonyl (C=O) groups is 1. The standard InChI is InChI=1S/C10H11BrO.C2H4O2/c1-7-2-5-10(9(11)6-7)12-8-3-4-8;1-4-2-3/h2,5-6,8H,3-4H2,1H3;2H,1H3. The lowest BCUT2D eigenvalue weighted by Gasteiger charge is -2.06. The Bertz CT molecular complexity index is 348. The fourth-order valence-corrected chi connectivity index (χ4v) is 1.65. The van der Waals surface area contributed by atoms with E-state index >= 15 is 0 Å². The lowest BCUT2D eigenvalue weighted by molar-refractivity contribution is -0.126. The second-order valence-corrected chi connectivity index (χ2v) is 4.44. The van der Waals surface area contributed by atoms with Crippen molar-refractivity contribution in [3.63, 3.8) is 0 Å². The van der Waals surface area contributed by atoms with Crippen LogP contribution in [-0.4, -0.2) is 19.7 Å². The SMILES string of the molecule is COC=O.Cc1ccc(OC2CC2)c(Br)c1. The fraction of sp³-hybridized carbons (Fsp3) is 0.417. The van der Waals surface area contributed by atoms with Crippen molar-refractivity contribution in [2.75, 3.05) is 7.11 Å². The van der Waals surface area contributed by atoms with Gasteiger partial charge in [0.1, 0.15) is 5.75 Å². The van der Waals surface area contributed by atoms with Gasteiger partial charge in [0.05, 0.1) is 17.7 Å².